The first-order valence-corrected chi connectivity index (χ1v) is 17.1. The van der Waals surface area contributed by atoms with Gasteiger partial charge in [-0.3, -0.25) is 0 Å². The smallest absolute Gasteiger partial charge is 0.0474 e. The Bertz CT molecular complexity index is 2410. The summed E-state index contributed by atoms with van der Waals surface area (Å²) in [5.74, 6) is 0. The molecular formula is C46H37N. The van der Waals surface area contributed by atoms with Crippen LogP contribution in [-0.4, -0.2) is 0 Å². The second-order valence-corrected chi connectivity index (χ2v) is 14.9. The van der Waals surface area contributed by atoms with Crippen LogP contribution < -0.4 is 4.90 Å². The van der Waals surface area contributed by atoms with Crippen LogP contribution >= 0.6 is 0 Å². The summed E-state index contributed by atoms with van der Waals surface area (Å²) in [5.41, 5.74) is 20.2. The summed E-state index contributed by atoms with van der Waals surface area (Å²) in [6.45, 7) is 9.60. The van der Waals surface area contributed by atoms with Crippen molar-refractivity contribution < 1.29 is 0 Å². The normalized spacial score (nSPS) is 16.9. The highest BCUT2D eigenvalue weighted by atomic mass is 15.1. The van der Waals surface area contributed by atoms with Crippen LogP contribution in [0.3, 0.4) is 0 Å². The van der Waals surface area contributed by atoms with E-state index in [0.29, 0.717) is 0 Å². The summed E-state index contributed by atoms with van der Waals surface area (Å²) in [4.78, 5) is 2.52. The molecule has 4 aliphatic rings. The molecule has 0 unspecified atom stereocenters. The SMILES string of the molecule is CC1(C)C2=C(C=CCC2)c2ccc(N(c3ccc4c(c3)C(C)(C)c3ccccc3-4)c3cc4c5c(cccc5c3)-c3ccccc3-4)cc21. The minimum Gasteiger partial charge on any atom is -0.310 e. The molecule has 0 radical (unpaired) electrons. The summed E-state index contributed by atoms with van der Waals surface area (Å²) in [7, 11) is 0. The largest absolute Gasteiger partial charge is 0.310 e. The molecule has 1 nitrogen and oxygen atoms in total. The van der Waals surface area contributed by atoms with Gasteiger partial charge in [-0.2, -0.15) is 0 Å². The Morgan fingerprint density at radius 2 is 1.13 bits per heavy atom. The average Bonchev–Trinajstić information content (AvgIpc) is 3.63. The quantitative estimate of drug-likeness (QED) is 0.194. The second kappa shape index (κ2) is 9.23. The molecule has 0 saturated heterocycles. The molecule has 0 heterocycles. The maximum absolute atomic E-state index is 2.52. The van der Waals surface area contributed by atoms with Crippen LogP contribution in [0.2, 0.25) is 0 Å². The van der Waals surface area contributed by atoms with Gasteiger partial charge in [0.2, 0.25) is 0 Å². The Kier molecular flexibility index (Phi) is 5.31. The van der Waals surface area contributed by atoms with Gasteiger partial charge in [0.1, 0.15) is 0 Å². The predicted octanol–water partition coefficient (Wildman–Crippen LogP) is 12.7. The third-order valence-electron chi connectivity index (χ3n) is 11.7. The number of anilines is 3. The molecule has 6 aromatic carbocycles. The number of hydrogen-bond acceptors (Lipinski definition) is 1. The lowest BCUT2D eigenvalue weighted by Gasteiger charge is -2.31. The Labute approximate surface area is 277 Å². The van der Waals surface area contributed by atoms with Crippen molar-refractivity contribution in [2.24, 2.45) is 0 Å². The van der Waals surface area contributed by atoms with Gasteiger partial charge >= 0.3 is 0 Å². The maximum Gasteiger partial charge on any atom is 0.0474 e. The first-order chi connectivity index (χ1) is 22.8. The van der Waals surface area contributed by atoms with Crippen molar-refractivity contribution in [2.75, 3.05) is 4.90 Å². The van der Waals surface area contributed by atoms with E-state index < -0.39 is 0 Å². The maximum atomic E-state index is 2.52. The lowest BCUT2D eigenvalue weighted by Crippen LogP contribution is -2.19. The molecule has 47 heavy (non-hydrogen) atoms. The van der Waals surface area contributed by atoms with Crippen molar-refractivity contribution >= 4 is 33.4 Å². The Hall–Kier alpha value is -5.14. The Morgan fingerprint density at radius 1 is 0.489 bits per heavy atom. The first-order valence-electron chi connectivity index (χ1n) is 17.1. The van der Waals surface area contributed by atoms with Gasteiger partial charge in [-0.25, -0.2) is 0 Å². The number of rotatable bonds is 3. The number of hydrogen-bond donors (Lipinski definition) is 0. The fourth-order valence-electron chi connectivity index (χ4n) is 9.36. The molecule has 4 aliphatic carbocycles. The van der Waals surface area contributed by atoms with Crippen molar-refractivity contribution in [3.63, 3.8) is 0 Å². The molecule has 0 fully saturated rings. The molecule has 0 spiro atoms. The van der Waals surface area contributed by atoms with Gasteiger partial charge in [0.15, 0.2) is 0 Å². The van der Waals surface area contributed by atoms with Crippen molar-refractivity contribution in [1.29, 1.82) is 0 Å². The van der Waals surface area contributed by atoms with Crippen LogP contribution in [-0.2, 0) is 10.8 Å². The summed E-state index contributed by atoms with van der Waals surface area (Å²) in [6.07, 6.45) is 6.98. The molecular weight excluding hydrogens is 567 g/mol. The van der Waals surface area contributed by atoms with E-state index in [-0.39, 0.29) is 10.8 Å². The highest BCUT2D eigenvalue weighted by Gasteiger charge is 2.39. The lowest BCUT2D eigenvalue weighted by atomic mass is 9.78. The average molecular weight is 604 g/mol. The van der Waals surface area contributed by atoms with Crippen molar-refractivity contribution in [1.82, 2.24) is 0 Å². The highest BCUT2D eigenvalue weighted by molar-refractivity contribution is 6.16. The fraction of sp³-hybridized carbons (Fsp3) is 0.174. The summed E-state index contributed by atoms with van der Waals surface area (Å²) in [5, 5.41) is 2.65. The van der Waals surface area contributed by atoms with E-state index in [4.69, 9.17) is 0 Å². The van der Waals surface area contributed by atoms with Gasteiger partial charge < -0.3 is 4.90 Å². The van der Waals surface area contributed by atoms with Crippen LogP contribution in [0.15, 0.2) is 133 Å². The topological polar surface area (TPSA) is 3.24 Å². The van der Waals surface area contributed by atoms with Crippen LogP contribution in [0.5, 0.6) is 0 Å². The zero-order valence-electron chi connectivity index (χ0n) is 27.5. The van der Waals surface area contributed by atoms with E-state index in [1.54, 1.807) is 5.57 Å². The molecule has 226 valence electrons. The zero-order chi connectivity index (χ0) is 31.7. The van der Waals surface area contributed by atoms with E-state index in [1.807, 2.05) is 0 Å². The molecule has 0 saturated carbocycles. The van der Waals surface area contributed by atoms with Crippen LogP contribution in [0.25, 0.3) is 49.7 Å². The third-order valence-corrected chi connectivity index (χ3v) is 11.7. The Morgan fingerprint density at radius 3 is 1.91 bits per heavy atom. The van der Waals surface area contributed by atoms with Crippen molar-refractivity contribution in [3.8, 4) is 33.4 Å². The van der Waals surface area contributed by atoms with Gasteiger partial charge in [-0.15, -0.1) is 0 Å². The molecule has 0 aliphatic heterocycles. The van der Waals surface area contributed by atoms with Crippen LogP contribution in [0.4, 0.5) is 17.1 Å². The van der Waals surface area contributed by atoms with Gasteiger partial charge in [0, 0.05) is 27.9 Å². The highest BCUT2D eigenvalue weighted by Crippen LogP contribution is 2.55. The molecule has 0 bridgehead atoms. The van der Waals surface area contributed by atoms with Crippen LogP contribution in [0.1, 0.15) is 62.8 Å². The van der Waals surface area contributed by atoms with E-state index >= 15 is 0 Å². The first kappa shape index (κ1) is 27.0. The number of nitrogens with zero attached hydrogens (tertiary/aromatic N) is 1. The monoisotopic (exact) mass is 603 g/mol. The molecule has 10 rings (SSSR count). The summed E-state index contributed by atoms with van der Waals surface area (Å²) < 4.78 is 0. The van der Waals surface area contributed by atoms with Gasteiger partial charge in [-0.05, 0) is 121 Å². The van der Waals surface area contributed by atoms with Crippen LogP contribution in [0, 0.1) is 0 Å². The number of fused-ring (bicyclic) bond motifs is 8. The fourth-order valence-corrected chi connectivity index (χ4v) is 9.36. The standard InChI is InChI=1S/C46H37N/c1-45(2)40-18-9-7-15-34(40)36-22-20-29(26-42(36)45)47(30-21-23-37-35-16-8-10-19-41(35)46(3,4)43(37)27-30)31-24-28-12-11-17-38-32-13-5-6-14-33(32)39(25-31)44(28)38/h5-9,11-18,20-27H,10,19H2,1-4H3. The predicted molar refractivity (Wildman–Crippen MR) is 199 cm³/mol. The molecule has 1 heteroatoms. The van der Waals surface area contributed by atoms with E-state index in [2.05, 4.69) is 160 Å². The molecule has 0 atom stereocenters. The van der Waals surface area contributed by atoms with E-state index in [1.165, 1.54) is 89.0 Å². The number of benzene rings is 6. The van der Waals surface area contributed by atoms with Gasteiger partial charge in [-0.1, -0.05) is 124 Å². The molecule has 0 amide bonds. The molecule has 6 aromatic rings. The molecule has 0 N–H and O–H groups in total. The zero-order valence-corrected chi connectivity index (χ0v) is 27.5. The summed E-state index contributed by atoms with van der Waals surface area (Å²) in [6, 6.07) is 43.9. The van der Waals surface area contributed by atoms with Crippen molar-refractivity contribution in [2.45, 2.75) is 51.4 Å². The molecule has 0 aromatic heterocycles. The van der Waals surface area contributed by atoms with Crippen molar-refractivity contribution in [3.05, 3.63) is 155 Å². The third kappa shape index (κ3) is 3.55. The minimum absolute atomic E-state index is 0.00395. The van der Waals surface area contributed by atoms with Gasteiger partial charge in [0.25, 0.3) is 0 Å². The second-order valence-electron chi connectivity index (χ2n) is 14.9. The van der Waals surface area contributed by atoms with E-state index in [9.17, 15) is 0 Å². The number of allylic oxidation sites excluding steroid dienone is 4. The summed E-state index contributed by atoms with van der Waals surface area (Å²) >= 11 is 0. The van der Waals surface area contributed by atoms with E-state index in [0.717, 1.165) is 12.8 Å². The van der Waals surface area contributed by atoms with Gasteiger partial charge in [0.05, 0.1) is 0 Å². The lowest BCUT2D eigenvalue weighted by molar-refractivity contribution is 0.607. The minimum atomic E-state index is -0.0753. The Balaban J connectivity index is 1.22.